The van der Waals surface area contributed by atoms with Crippen LogP contribution in [-0.2, 0) is 16.0 Å². The Morgan fingerprint density at radius 3 is 2.41 bits per heavy atom. The summed E-state index contributed by atoms with van der Waals surface area (Å²) in [6, 6.07) is 19.2. The molecule has 1 heterocycles. The van der Waals surface area contributed by atoms with E-state index < -0.39 is 18.5 Å². The number of rotatable bonds is 9. The molecule has 0 unspecified atom stereocenters. The highest BCUT2D eigenvalue weighted by Gasteiger charge is 2.23. The molecule has 0 fully saturated rings. The Morgan fingerprint density at radius 2 is 1.71 bits per heavy atom. The average Bonchev–Trinajstić information content (AvgIpc) is 3.31. The number of hydrogen-bond donors (Lipinski definition) is 2. The first-order valence-electron chi connectivity index (χ1n) is 10.4. The summed E-state index contributed by atoms with van der Waals surface area (Å²) in [6.45, 7) is -0.474. The van der Waals surface area contributed by atoms with Crippen molar-refractivity contribution in [2.75, 3.05) is 20.5 Å². The van der Waals surface area contributed by atoms with Gasteiger partial charge in [-0.1, -0.05) is 36.4 Å². The molecule has 34 heavy (non-hydrogen) atoms. The van der Waals surface area contributed by atoms with E-state index in [0.717, 1.165) is 5.56 Å². The maximum Gasteiger partial charge on any atom is 0.341 e. The maximum atomic E-state index is 12.6. The van der Waals surface area contributed by atoms with Crippen molar-refractivity contribution in [2.24, 2.45) is 0 Å². The van der Waals surface area contributed by atoms with Gasteiger partial charge in [-0.2, -0.15) is 0 Å². The van der Waals surface area contributed by atoms with Gasteiger partial charge in [0.2, 0.25) is 6.79 Å². The number of aliphatic carboxylic acids is 2. The van der Waals surface area contributed by atoms with Gasteiger partial charge in [-0.15, -0.1) is 0 Å². The van der Waals surface area contributed by atoms with E-state index in [1.807, 2.05) is 6.07 Å². The number of carbonyl (C=O) groups is 2. The zero-order valence-corrected chi connectivity index (χ0v) is 18.3. The number of benzene rings is 3. The molecule has 3 aromatic carbocycles. The van der Waals surface area contributed by atoms with Gasteiger partial charge in [-0.3, -0.25) is 0 Å². The van der Waals surface area contributed by atoms with Crippen molar-refractivity contribution in [3.63, 3.8) is 0 Å². The van der Waals surface area contributed by atoms with Crippen molar-refractivity contribution in [2.45, 2.75) is 6.42 Å². The molecule has 0 radical (unpaired) electrons. The van der Waals surface area contributed by atoms with Gasteiger partial charge in [0, 0.05) is 29.2 Å². The molecule has 0 aliphatic carbocycles. The van der Waals surface area contributed by atoms with E-state index in [0.29, 0.717) is 33.9 Å². The minimum atomic E-state index is -1.15. The molecule has 1 aliphatic heterocycles. The maximum absolute atomic E-state index is 12.6. The lowest BCUT2D eigenvalue weighted by Gasteiger charge is -2.18. The zero-order valence-electron chi connectivity index (χ0n) is 18.3. The molecule has 3 aromatic rings. The van der Waals surface area contributed by atoms with Crippen LogP contribution in [0.3, 0.4) is 0 Å². The van der Waals surface area contributed by atoms with Crippen molar-refractivity contribution in [3.05, 3.63) is 89.0 Å². The van der Waals surface area contributed by atoms with Crippen LogP contribution in [0.15, 0.2) is 72.3 Å². The second-order valence-corrected chi connectivity index (χ2v) is 7.43. The quantitative estimate of drug-likeness (QED) is 0.459. The molecule has 0 saturated carbocycles. The lowest BCUT2D eigenvalue weighted by molar-refractivity contribution is -0.139. The fourth-order valence-electron chi connectivity index (χ4n) is 3.72. The number of methoxy groups -OCH3 is 1. The van der Waals surface area contributed by atoms with Crippen LogP contribution in [0, 0.1) is 0 Å². The lowest BCUT2D eigenvalue weighted by atomic mass is 9.89. The Hall–Kier alpha value is -4.46. The topological polar surface area (TPSA) is 112 Å². The Morgan fingerprint density at radius 1 is 0.941 bits per heavy atom. The molecule has 2 N–H and O–H groups in total. The van der Waals surface area contributed by atoms with Crippen molar-refractivity contribution >= 4 is 17.5 Å². The molecule has 8 heteroatoms. The fraction of sp³-hybridized carbons (Fsp3) is 0.154. The molecule has 0 aromatic heterocycles. The van der Waals surface area contributed by atoms with Gasteiger partial charge in [0.1, 0.15) is 11.5 Å². The van der Waals surface area contributed by atoms with E-state index in [1.165, 1.54) is 7.11 Å². The van der Waals surface area contributed by atoms with E-state index in [1.54, 1.807) is 60.7 Å². The third kappa shape index (κ3) is 4.96. The van der Waals surface area contributed by atoms with Crippen LogP contribution >= 0.6 is 0 Å². The Kier molecular flexibility index (Phi) is 6.68. The van der Waals surface area contributed by atoms with Gasteiger partial charge in [0.15, 0.2) is 18.1 Å². The SMILES string of the molecule is COc1ccc(C(=C(Cc2ccc3c(c2)OCO3)C(=O)O)c2ccccc2)c(OCC(=O)O)c1. The summed E-state index contributed by atoms with van der Waals surface area (Å²) < 4.78 is 21.6. The van der Waals surface area contributed by atoms with Crippen LogP contribution in [-0.4, -0.2) is 42.7 Å². The third-order valence-electron chi connectivity index (χ3n) is 5.25. The van der Waals surface area contributed by atoms with Crippen LogP contribution in [0.4, 0.5) is 0 Å². The molecule has 0 amide bonds. The van der Waals surface area contributed by atoms with E-state index in [-0.39, 0.29) is 24.5 Å². The van der Waals surface area contributed by atoms with Gasteiger partial charge in [-0.05, 0) is 35.4 Å². The minimum Gasteiger partial charge on any atom is -0.497 e. The summed E-state index contributed by atoms with van der Waals surface area (Å²) in [5.41, 5.74) is 2.32. The normalized spacial score (nSPS) is 12.6. The molecule has 1 aliphatic rings. The number of carboxylic acid groups (broad SMARTS) is 2. The Bertz CT molecular complexity index is 1250. The largest absolute Gasteiger partial charge is 0.497 e. The minimum absolute atomic E-state index is 0.0839. The summed E-state index contributed by atoms with van der Waals surface area (Å²) in [5, 5.41) is 19.4. The molecule has 0 spiro atoms. The molecular weight excluding hydrogens is 440 g/mol. The molecule has 0 atom stereocenters. The van der Waals surface area contributed by atoms with Crippen LogP contribution in [0.2, 0.25) is 0 Å². The first-order chi connectivity index (χ1) is 16.5. The summed E-state index contributed by atoms with van der Waals surface area (Å²) in [4.78, 5) is 23.7. The van der Waals surface area contributed by atoms with E-state index >= 15 is 0 Å². The highest BCUT2D eigenvalue weighted by molar-refractivity contribution is 6.02. The smallest absolute Gasteiger partial charge is 0.341 e. The Labute approximate surface area is 195 Å². The highest BCUT2D eigenvalue weighted by atomic mass is 16.7. The van der Waals surface area contributed by atoms with Gasteiger partial charge in [0.05, 0.1) is 7.11 Å². The fourth-order valence-corrected chi connectivity index (χ4v) is 3.72. The summed E-state index contributed by atoms with van der Waals surface area (Å²) >= 11 is 0. The Balaban J connectivity index is 1.89. The second-order valence-electron chi connectivity index (χ2n) is 7.43. The summed E-state index contributed by atoms with van der Waals surface area (Å²) in [7, 11) is 1.48. The molecular formula is C26H22O8. The van der Waals surface area contributed by atoms with Crippen molar-refractivity contribution in [1.82, 2.24) is 0 Å². The number of ether oxygens (including phenoxy) is 4. The summed E-state index contributed by atoms with van der Waals surface area (Å²) in [5.74, 6) is -0.464. The van der Waals surface area contributed by atoms with Crippen LogP contribution < -0.4 is 18.9 Å². The van der Waals surface area contributed by atoms with Gasteiger partial charge in [0.25, 0.3) is 0 Å². The van der Waals surface area contributed by atoms with Crippen LogP contribution in [0.5, 0.6) is 23.0 Å². The van der Waals surface area contributed by atoms with Crippen molar-refractivity contribution in [3.8, 4) is 23.0 Å². The molecule has 0 bridgehead atoms. The van der Waals surface area contributed by atoms with E-state index in [4.69, 9.17) is 24.1 Å². The van der Waals surface area contributed by atoms with Crippen molar-refractivity contribution in [1.29, 1.82) is 0 Å². The van der Waals surface area contributed by atoms with E-state index in [2.05, 4.69) is 0 Å². The third-order valence-corrected chi connectivity index (χ3v) is 5.25. The predicted octanol–water partition coefficient (Wildman–Crippen LogP) is 4.02. The number of hydrogen-bond acceptors (Lipinski definition) is 6. The lowest BCUT2D eigenvalue weighted by Crippen LogP contribution is -2.12. The van der Waals surface area contributed by atoms with E-state index in [9.17, 15) is 14.7 Å². The first-order valence-corrected chi connectivity index (χ1v) is 10.4. The molecule has 0 saturated heterocycles. The summed E-state index contributed by atoms with van der Waals surface area (Å²) in [6.07, 6.45) is 0.0839. The van der Waals surface area contributed by atoms with Gasteiger partial charge < -0.3 is 29.2 Å². The molecule has 4 rings (SSSR count). The average molecular weight is 462 g/mol. The van der Waals surface area contributed by atoms with Gasteiger partial charge in [-0.25, -0.2) is 9.59 Å². The molecule has 8 nitrogen and oxygen atoms in total. The standard InChI is InChI=1S/C26H22O8/c1-31-18-8-9-19(22(13-18)32-14-24(27)28)25(17-5-3-2-4-6-17)20(26(29)30)11-16-7-10-21-23(12-16)34-15-33-21/h2-10,12-13H,11,14-15H2,1H3,(H,27,28)(H,29,30). The number of fused-ring (bicyclic) bond motifs is 1. The van der Waals surface area contributed by atoms with Gasteiger partial charge >= 0.3 is 11.9 Å². The zero-order chi connectivity index (χ0) is 24.1. The highest BCUT2D eigenvalue weighted by Crippen LogP contribution is 2.38. The van der Waals surface area contributed by atoms with Crippen molar-refractivity contribution < 1.29 is 38.7 Å². The van der Waals surface area contributed by atoms with Crippen LogP contribution in [0.1, 0.15) is 16.7 Å². The molecule has 174 valence electrons. The first kappa shape index (κ1) is 22.7. The number of carboxylic acids is 2. The predicted molar refractivity (Wildman–Crippen MR) is 122 cm³/mol. The second kappa shape index (κ2) is 9.99. The van der Waals surface area contributed by atoms with Crippen LogP contribution in [0.25, 0.3) is 5.57 Å². The monoisotopic (exact) mass is 462 g/mol.